The lowest BCUT2D eigenvalue weighted by Gasteiger charge is -2.23. The van der Waals surface area contributed by atoms with E-state index in [2.05, 4.69) is 5.32 Å². The van der Waals surface area contributed by atoms with E-state index in [4.69, 9.17) is 4.74 Å². The van der Waals surface area contributed by atoms with Gasteiger partial charge in [0.05, 0.1) is 30.1 Å². The Morgan fingerprint density at radius 3 is 2.52 bits per heavy atom. The molecule has 2 rings (SSSR count). The summed E-state index contributed by atoms with van der Waals surface area (Å²) in [5.41, 5.74) is 0.238. The summed E-state index contributed by atoms with van der Waals surface area (Å²) < 4.78 is 28.4. The second-order valence-corrected chi connectivity index (χ2v) is 7.89. The monoisotopic (exact) mass is 311 g/mol. The van der Waals surface area contributed by atoms with Crippen LogP contribution in [0.15, 0.2) is 24.3 Å². The van der Waals surface area contributed by atoms with Crippen LogP contribution in [-0.2, 0) is 21.1 Å². The van der Waals surface area contributed by atoms with Gasteiger partial charge in [-0.05, 0) is 38.0 Å². The number of benzene rings is 1. The maximum Gasteiger partial charge on any atom is 0.224 e. The van der Waals surface area contributed by atoms with Gasteiger partial charge in [-0.1, -0.05) is 12.1 Å². The normalized spacial score (nSPS) is 23.7. The predicted molar refractivity (Wildman–Crippen MR) is 81.1 cm³/mol. The Bertz CT molecular complexity index is 609. The Morgan fingerprint density at radius 1 is 1.33 bits per heavy atom. The van der Waals surface area contributed by atoms with Gasteiger partial charge in [0.1, 0.15) is 5.75 Å². The number of carbonyl (C=O) groups excluding carboxylic acids is 1. The Morgan fingerprint density at radius 2 is 2.00 bits per heavy atom. The summed E-state index contributed by atoms with van der Waals surface area (Å²) in [5.74, 6) is 0.788. The van der Waals surface area contributed by atoms with E-state index >= 15 is 0 Å². The summed E-state index contributed by atoms with van der Waals surface area (Å²) in [4.78, 5) is 12.1. The molecular weight excluding hydrogens is 290 g/mol. The van der Waals surface area contributed by atoms with Crippen molar-refractivity contribution in [3.05, 3.63) is 29.8 Å². The van der Waals surface area contributed by atoms with Crippen LogP contribution in [0.5, 0.6) is 5.75 Å². The smallest absolute Gasteiger partial charge is 0.224 e. The molecule has 0 bridgehead atoms. The van der Waals surface area contributed by atoms with Crippen molar-refractivity contribution in [1.29, 1.82) is 0 Å². The highest BCUT2D eigenvalue weighted by molar-refractivity contribution is 7.91. The second-order valence-electron chi connectivity index (χ2n) is 5.70. The van der Waals surface area contributed by atoms with Gasteiger partial charge in [0.25, 0.3) is 0 Å². The first-order chi connectivity index (χ1) is 9.82. The molecule has 1 aromatic carbocycles. The molecule has 1 heterocycles. The third-order valence-corrected chi connectivity index (χ3v) is 5.45. The molecule has 116 valence electrons. The van der Waals surface area contributed by atoms with Crippen molar-refractivity contribution >= 4 is 15.7 Å². The first-order valence-electron chi connectivity index (χ1n) is 7.05. The molecule has 1 unspecified atom stereocenters. The molecule has 5 nitrogen and oxygen atoms in total. The van der Waals surface area contributed by atoms with E-state index in [9.17, 15) is 13.2 Å². The molecule has 1 saturated heterocycles. The van der Waals surface area contributed by atoms with Crippen LogP contribution in [0.2, 0.25) is 0 Å². The number of amides is 1. The summed E-state index contributed by atoms with van der Waals surface area (Å²) >= 11 is 0. The zero-order valence-electron chi connectivity index (χ0n) is 12.4. The number of nitrogens with one attached hydrogen (secondary N) is 1. The van der Waals surface area contributed by atoms with Gasteiger partial charge in [0.2, 0.25) is 5.91 Å². The molecule has 0 aromatic heterocycles. The molecule has 1 amide bonds. The van der Waals surface area contributed by atoms with Crippen molar-refractivity contribution in [2.24, 2.45) is 0 Å². The fraction of sp³-hybridized carbons (Fsp3) is 0.533. The van der Waals surface area contributed by atoms with E-state index in [1.54, 1.807) is 6.92 Å². The van der Waals surface area contributed by atoms with Crippen LogP contribution in [0, 0.1) is 0 Å². The first-order valence-corrected chi connectivity index (χ1v) is 8.87. The summed E-state index contributed by atoms with van der Waals surface area (Å²) in [6.45, 7) is 4.30. The molecule has 0 aliphatic carbocycles. The van der Waals surface area contributed by atoms with Crippen LogP contribution in [0.3, 0.4) is 0 Å². The fourth-order valence-electron chi connectivity index (χ4n) is 2.55. The van der Waals surface area contributed by atoms with Crippen LogP contribution in [-0.4, -0.2) is 38.0 Å². The van der Waals surface area contributed by atoms with Crippen LogP contribution in [0.25, 0.3) is 0 Å². The van der Waals surface area contributed by atoms with Crippen molar-refractivity contribution in [2.75, 3.05) is 18.1 Å². The molecule has 6 heteroatoms. The molecule has 1 atom stereocenters. The van der Waals surface area contributed by atoms with Crippen LogP contribution < -0.4 is 10.1 Å². The molecule has 0 spiro atoms. The molecule has 1 aliphatic heterocycles. The van der Waals surface area contributed by atoms with Gasteiger partial charge >= 0.3 is 0 Å². The van der Waals surface area contributed by atoms with Gasteiger partial charge in [-0.15, -0.1) is 0 Å². The van der Waals surface area contributed by atoms with E-state index < -0.39 is 15.4 Å². The van der Waals surface area contributed by atoms with Crippen LogP contribution in [0.1, 0.15) is 25.8 Å². The minimum atomic E-state index is -3.02. The standard InChI is InChI=1S/C15H21NO4S/c1-3-20-13-6-4-12(5-7-13)10-14(17)16-15(2)8-9-21(18,19)11-15/h4-7H,3,8-11H2,1-2H3,(H,16,17). The Hall–Kier alpha value is -1.56. The van der Waals surface area contributed by atoms with E-state index in [1.807, 2.05) is 31.2 Å². The lowest BCUT2D eigenvalue weighted by Crippen LogP contribution is -2.47. The van der Waals surface area contributed by atoms with Crippen molar-refractivity contribution in [3.8, 4) is 5.75 Å². The number of ether oxygens (including phenoxy) is 1. The van der Waals surface area contributed by atoms with Crippen molar-refractivity contribution in [3.63, 3.8) is 0 Å². The van der Waals surface area contributed by atoms with Gasteiger partial charge in [-0.3, -0.25) is 4.79 Å². The van der Waals surface area contributed by atoms with E-state index in [0.29, 0.717) is 13.0 Å². The van der Waals surface area contributed by atoms with Gasteiger partial charge in [-0.2, -0.15) is 0 Å². The average molecular weight is 311 g/mol. The molecule has 1 fully saturated rings. The highest BCUT2D eigenvalue weighted by Crippen LogP contribution is 2.23. The Kier molecular flexibility index (Phi) is 4.56. The number of sulfone groups is 1. The Labute approximate surface area is 125 Å². The molecule has 21 heavy (non-hydrogen) atoms. The topological polar surface area (TPSA) is 72.5 Å². The molecule has 0 saturated carbocycles. The molecular formula is C15H21NO4S. The summed E-state index contributed by atoms with van der Waals surface area (Å²) in [6.07, 6.45) is 0.715. The largest absolute Gasteiger partial charge is 0.494 e. The average Bonchev–Trinajstić information content (AvgIpc) is 2.65. The predicted octanol–water partition coefficient (Wildman–Crippen LogP) is 1.32. The van der Waals surface area contributed by atoms with Crippen LogP contribution in [0.4, 0.5) is 0 Å². The minimum Gasteiger partial charge on any atom is -0.494 e. The third-order valence-electron chi connectivity index (χ3n) is 3.54. The minimum absolute atomic E-state index is 0.0228. The summed E-state index contributed by atoms with van der Waals surface area (Å²) in [5, 5.41) is 2.85. The Balaban J connectivity index is 1.93. The lowest BCUT2D eigenvalue weighted by atomic mass is 10.0. The number of hydrogen-bond donors (Lipinski definition) is 1. The highest BCUT2D eigenvalue weighted by Gasteiger charge is 2.39. The quantitative estimate of drug-likeness (QED) is 0.890. The SMILES string of the molecule is CCOc1ccc(CC(=O)NC2(C)CCS(=O)(=O)C2)cc1. The molecule has 1 aromatic rings. The fourth-order valence-corrected chi connectivity index (χ4v) is 4.64. The molecule has 0 radical (unpaired) electrons. The summed E-state index contributed by atoms with van der Waals surface area (Å²) in [6, 6.07) is 7.35. The molecule has 1 N–H and O–H groups in total. The van der Waals surface area contributed by atoms with Crippen LogP contribution >= 0.6 is 0 Å². The van der Waals surface area contributed by atoms with E-state index in [0.717, 1.165) is 11.3 Å². The van der Waals surface area contributed by atoms with Gasteiger partial charge in [-0.25, -0.2) is 8.42 Å². The zero-order valence-corrected chi connectivity index (χ0v) is 13.2. The van der Waals surface area contributed by atoms with Crippen molar-refractivity contribution in [2.45, 2.75) is 32.2 Å². The lowest BCUT2D eigenvalue weighted by molar-refractivity contribution is -0.121. The zero-order chi connectivity index (χ0) is 15.5. The van der Waals surface area contributed by atoms with Gasteiger partial charge < -0.3 is 10.1 Å². The third kappa shape index (κ3) is 4.46. The maximum atomic E-state index is 12.1. The number of rotatable bonds is 5. The van der Waals surface area contributed by atoms with Gasteiger partial charge in [0.15, 0.2) is 9.84 Å². The van der Waals surface area contributed by atoms with Gasteiger partial charge in [0, 0.05) is 0 Å². The van der Waals surface area contributed by atoms with Crippen molar-refractivity contribution < 1.29 is 17.9 Å². The number of hydrogen-bond acceptors (Lipinski definition) is 4. The first kappa shape index (κ1) is 15.8. The highest BCUT2D eigenvalue weighted by atomic mass is 32.2. The number of carbonyl (C=O) groups is 1. The van der Waals surface area contributed by atoms with E-state index in [1.165, 1.54) is 0 Å². The molecule has 1 aliphatic rings. The van der Waals surface area contributed by atoms with E-state index in [-0.39, 0.29) is 23.8 Å². The second kappa shape index (κ2) is 6.05. The van der Waals surface area contributed by atoms with Crippen molar-refractivity contribution in [1.82, 2.24) is 5.32 Å². The summed E-state index contributed by atoms with van der Waals surface area (Å²) in [7, 11) is -3.02. The maximum absolute atomic E-state index is 12.1.